The number of hydrogen-bond donors (Lipinski definition) is 0. The van der Waals surface area contributed by atoms with Gasteiger partial charge in [-0.25, -0.2) is 0 Å². The van der Waals surface area contributed by atoms with Crippen molar-refractivity contribution in [2.75, 3.05) is 20.2 Å². The van der Waals surface area contributed by atoms with Crippen LogP contribution >= 0.6 is 0 Å². The van der Waals surface area contributed by atoms with Gasteiger partial charge in [-0.2, -0.15) is 0 Å². The van der Waals surface area contributed by atoms with E-state index in [4.69, 9.17) is 0 Å². The van der Waals surface area contributed by atoms with Crippen LogP contribution in [0.5, 0.6) is 0 Å². The molecule has 1 fully saturated rings. The SMILES string of the molecule is COC(=O)CC(=O)N1CCC(c2nncn2C)CC1. The van der Waals surface area contributed by atoms with E-state index >= 15 is 0 Å². The highest BCUT2D eigenvalue weighted by Crippen LogP contribution is 2.26. The van der Waals surface area contributed by atoms with Gasteiger partial charge in [0.25, 0.3) is 0 Å². The van der Waals surface area contributed by atoms with Crippen LogP contribution in [0.25, 0.3) is 0 Å². The predicted octanol–water partition coefficient (Wildman–Crippen LogP) is 0.0842. The van der Waals surface area contributed by atoms with E-state index in [1.807, 2.05) is 11.6 Å². The quantitative estimate of drug-likeness (QED) is 0.572. The lowest BCUT2D eigenvalue weighted by Gasteiger charge is -2.31. The smallest absolute Gasteiger partial charge is 0.315 e. The van der Waals surface area contributed by atoms with Crippen molar-refractivity contribution in [2.45, 2.75) is 25.2 Å². The number of methoxy groups -OCH3 is 1. The Morgan fingerprint density at radius 3 is 2.63 bits per heavy atom. The van der Waals surface area contributed by atoms with Crippen molar-refractivity contribution in [3.8, 4) is 0 Å². The van der Waals surface area contributed by atoms with Gasteiger partial charge in [-0.3, -0.25) is 9.59 Å². The molecule has 0 radical (unpaired) electrons. The molecule has 1 saturated heterocycles. The average Bonchev–Trinajstić information content (AvgIpc) is 2.85. The van der Waals surface area contributed by atoms with Crippen LogP contribution in [-0.4, -0.2) is 51.7 Å². The van der Waals surface area contributed by atoms with Gasteiger partial charge in [0.2, 0.25) is 5.91 Å². The summed E-state index contributed by atoms with van der Waals surface area (Å²) in [5.74, 6) is 0.637. The van der Waals surface area contributed by atoms with Crippen molar-refractivity contribution in [1.82, 2.24) is 19.7 Å². The fraction of sp³-hybridized carbons (Fsp3) is 0.667. The van der Waals surface area contributed by atoms with Crippen LogP contribution in [0.15, 0.2) is 6.33 Å². The Balaban J connectivity index is 1.87. The van der Waals surface area contributed by atoms with Crippen molar-refractivity contribution in [3.05, 3.63) is 12.2 Å². The molecule has 1 aliphatic heterocycles. The minimum atomic E-state index is -0.486. The van der Waals surface area contributed by atoms with Crippen molar-refractivity contribution >= 4 is 11.9 Å². The number of carbonyl (C=O) groups is 2. The van der Waals surface area contributed by atoms with Crippen LogP contribution in [0.3, 0.4) is 0 Å². The molecule has 19 heavy (non-hydrogen) atoms. The number of hydrogen-bond acceptors (Lipinski definition) is 5. The van der Waals surface area contributed by atoms with Crippen molar-refractivity contribution < 1.29 is 14.3 Å². The van der Waals surface area contributed by atoms with E-state index in [1.165, 1.54) is 7.11 Å². The van der Waals surface area contributed by atoms with E-state index in [2.05, 4.69) is 14.9 Å². The van der Waals surface area contributed by atoms with E-state index in [9.17, 15) is 9.59 Å². The second-order valence-electron chi connectivity index (χ2n) is 4.71. The molecule has 0 aliphatic carbocycles. The topological polar surface area (TPSA) is 77.3 Å². The second-order valence-corrected chi connectivity index (χ2v) is 4.71. The molecule has 0 aromatic carbocycles. The summed E-state index contributed by atoms with van der Waals surface area (Å²) in [5.41, 5.74) is 0. The maximum absolute atomic E-state index is 11.8. The normalized spacial score (nSPS) is 16.4. The fourth-order valence-corrected chi connectivity index (χ4v) is 2.36. The van der Waals surface area contributed by atoms with Crippen LogP contribution in [0, 0.1) is 0 Å². The molecule has 7 nitrogen and oxygen atoms in total. The zero-order valence-corrected chi connectivity index (χ0v) is 11.2. The van der Waals surface area contributed by atoms with Crippen LogP contribution in [0.1, 0.15) is 31.0 Å². The number of likely N-dealkylation sites (tertiary alicyclic amines) is 1. The van der Waals surface area contributed by atoms with E-state index in [0.29, 0.717) is 19.0 Å². The number of ether oxygens (including phenoxy) is 1. The van der Waals surface area contributed by atoms with E-state index in [1.54, 1.807) is 11.2 Å². The first-order valence-corrected chi connectivity index (χ1v) is 6.30. The number of amides is 1. The largest absolute Gasteiger partial charge is 0.469 e. The van der Waals surface area contributed by atoms with Gasteiger partial charge in [0, 0.05) is 26.1 Å². The molecule has 2 heterocycles. The highest BCUT2D eigenvalue weighted by molar-refractivity contribution is 5.94. The van der Waals surface area contributed by atoms with Crippen molar-refractivity contribution in [3.63, 3.8) is 0 Å². The third-order valence-corrected chi connectivity index (χ3v) is 3.48. The minimum absolute atomic E-state index is 0.164. The van der Waals surface area contributed by atoms with Gasteiger partial charge < -0.3 is 14.2 Å². The van der Waals surface area contributed by atoms with E-state index in [-0.39, 0.29) is 12.3 Å². The first-order chi connectivity index (χ1) is 9.11. The van der Waals surface area contributed by atoms with Crippen LogP contribution in [-0.2, 0) is 21.4 Å². The Hall–Kier alpha value is -1.92. The highest BCUT2D eigenvalue weighted by Gasteiger charge is 2.27. The molecule has 2 rings (SSSR count). The number of aromatic nitrogens is 3. The van der Waals surface area contributed by atoms with Crippen molar-refractivity contribution in [2.24, 2.45) is 7.05 Å². The summed E-state index contributed by atoms with van der Waals surface area (Å²) in [6.45, 7) is 1.29. The lowest BCUT2D eigenvalue weighted by Crippen LogP contribution is -2.39. The Morgan fingerprint density at radius 1 is 1.42 bits per heavy atom. The molecule has 1 amide bonds. The number of piperidine rings is 1. The lowest BCUT2D eigenvalue weighted by molar-refractivity contribution is -0.147. The summed E-state index contributed by atoms with van der Waals surface area (Å²) < 4.78 is 6.41. The first kappa shape index (κ1) is 13.5. The minimum Gasteiger partial charge on any atom is -0.469 e. The molecule has 1 aromatic heterocycles. The molecular weight excluding hydrogens is 248 g/mol. The van der Waals surface area contributed by atoms with Crippen LogP contribution in [0.2, 0.25) is 0 Å². The Morgan fingerprint density at radius 2 is 2.11 bits per heavy atom. The number of rotatable bonds is 3. The summed E-state index contributed by atoms with van der Waals surface area (Å²) in [6.07, 6.45) is 3.20. The standard InChI is InChI=1S/C12H18N4O3/c1-15-8-13-14-12(15)9-3-5-16(6-4-9)10(17)7-11(18)19-2/h8-9H,3-7H2,1-2H3. The highest BCUT2D eigenvalue weighted by atomic mass is 16.5. The maximum atomic E-state index is 11.8. The van der Waals surface area contributed by atoms with Gasteiger partial charge in [0.1, 0.15) is 18.6 Å². The maximum Gasteiger partial charge on any atom is 0.315 e. The monoisotopic (exact) mass is 266 g/mol. The summed E-state index contributed by atoms with van der Waals surface area (Å²) in [6, 6.07) is 0. The number of nitrogens with zero attached hydrogens (tertiary/aromatic N) is 4. The molecule has 1 aromatic rings. The summed E-state index contributed by atoms with van der Waals surface area (Å²) in [5, 5.41) is 7.98. The first-order valence-electron chi connectivity index (χ1n) is 6.30. The molecule has 0 atom stereocenters. The Bertz CT molecular complexity index is 463. The predicted molar refractivity (Wildman–Crippen MR) is 66.2 cm³/mol. The van der Waals surface area contributed by atoms with E-state index in [0.717, 1.165) is 18.7 Å². The van der Waals surface area contributed by atoms with Crippen LogP contribution < -0.4 is 0 Å². The molecule has 1 aliphatic rings. The summed E-state index contributed by atoms with van der Waals surface area (Å²) in [4.78, 5) is 24.6. The van der Waals surface area contributed by atoms with Gasteiger partial charge in [-0.05, 0) is 12.8 Å². The zero-order chi connectivity index (χ0) is 13.8. The fourth-order valence-electron chi connectivity index (χ4n) is 2.36. The van der Waals surface area contributed by atoms with Gasteiger partial charge in [0.05, 0.1) is 7.11 Å². The number of carbonyl (C=O) groups excluding carboxylic acids is 2. The van der Waals surface area contributed by atoms with Gasteiger partial charge >= 0.3 is 5.97 Å². The third kappa shape index (κ3) is 3.10. The van der Waals surface area contributed by atoms with Gasteiger partial charge in [-0.15, -0.1) is 10.2 Å². The molecule has 0 unspecified atom stereocenters. The lowest BCUT2D eigenvalue weighted by atomic mass is 9.96. The molecule has 7 heteroatoms. The number of esters is 1. The molecular formula is C12H18N4O3. The number of aryl methyl sites for hydroxylation is 1. The van der Waals surface area contributed by atoms with Crippen molar-refractivity contribution in [1.29, 1.82) is 0 Å². The van der Waals surface area contributed by atoms with Gasteiger partial charge in [0.15, 0.2) is 0 Å². The second kappa shape index (κ2) is 5.81. The average molecular weight is 266 g/mol. The van der Waals surface area contributed by atoms with Gasteiger partial charge in [-0.1, -0.05) is 0 Å². The molecule has 0 spiro atoms. The summed E-state index contributed by atoms with van der Waals surface area (Å²) in [7, 11) is 3.21. The van der Waals surface area contributed by atoms with Crippen LogP contribution in [0.4, 0.5) is 0 Å². The van der Waals surface area contributed by atoms with E-state index < -0.39 is 5.97 Å². The Labute approximate surface area is 111 Å². The molecule has 0 bridgehead atoms. The Kier molecular flexibility index (Phi) is 4.13. The molecule has 0 N–H and O–H groups in total. The molecule has 0 saturated carbocycles. The molecule has 104 valence electrons. The summed E-state index contributed by atoms with van der Waals surface area (Å²) >= 11 is 0. The third-order valence-electron chi connectivity index (χ3n) is 3.48. The zero-order valence-electron chi connectivity index (χ0n) is 11.2.